The number of methoxy groups -OCH3 is 2. The molecule has 9 nitrogen and oxygen atoms in total. The Labute approximate surface area is 209 Å². The minimum Gasteiger partial charge on any atom is -0.496 e. The molecule has 0 atom stereocenters. The van der Waals surface area contributed by atoms with E-state index in [9.17, 15) is 9.59 Å². The van der Waals surface area contributed by atoms with E-state index in [1.807, 2.05) is 41.1 Å². The highest BCUT2D eigenvalue weighted by Gasteiger charge is 2.45. The first-order chi connectivity index (χ1) is 17.5. The lowest BCUT2D eigenvalue weighted by Gasteiger charge is -2.43. The van der Waals surface area contributed by atoms with Crippen LogP contribution in [0.5, 0.6) is 17.2 Å². The summed E-state index contributed by atoms with van der Waals surface area (Å²) in [6.45, 7) is 1.60. The molecule has 9 heteroatoms. The van der Waals surface area contributed by atoms with Gasteiger partial charge in [-0.3, -0.25) is 4.79 Å². The van der Waals surface area contributed by atoms with Crippen LogP contribution in [0.3, 0.4) is 0 Å². The molecular weight excluding hydrogens is 462 g/mol. The molecule has 1 aromatic heterocycles. The Morgan fingerprint density at radius 1 is 1.11 bits per heavy atom. The maximum Gasteiger partial charge on any atom is 0.410 e. The number of nitrogens with zero attached hydrogens (tertiary/aromatic N) is 3. The molecule has 1 amide bonds. The molecule has 1 spiro atoms. The van der Waals surface area contributed by atoms with Crippen molar-refractivity contribution in [3.8, 4) is 17.2 Å². The lowest BCUT2D eigenvalue weighted by Crippen LogP contribution is -2.52. The van der Waals surface area contributed by atoms with Gasteiger partial charge in [0.05, 0.1) is 20.6 Å². The third-order valence-electron chi connectivity index (χ3n) is 6.84. The molecular formula is C27H29N3O6. The van der Waals surface area contributed by atoms with Crippen molar-refractivity contribution < 1.29 is 28.5 Å². The molecule has 0 aliphatic carbocycles. The number of ether oxygens (including phenoxy) is 4. The SMILES string of the molecule is COc1cc(OC)c2c(c1)OC1(CCN(C(=O)OCc3nccn3Cc3ccccc3)CC1)CC2=O. The fourth-order valence-corrected chi connectivity index (χ4v) is 4.85. The lowest BCUT2D eigenvalue weighted by atomic mass is 9.82. The van der Waals surface area contributed by atoms with Crippen LogP contribution in [-0.2, 0) is 17.9 Å². The van der Waals surface area contributed by atoms with E-state index in [0.717, 1.165) is 5.56 Å². The molecule has 1 fully saturated rings. The summed E-state index contributed by atoms with van der Waals surface area (Å²) in [5.41, 5.74) is 0.921. The minimum absolute atomic E-state index is 0.0305. The second-order valence-corrected chi connectivity index (χ2v) is 9.09. The molecule has 5 rings (SSSR count). The summed E-state index contributed by atoms with van der Waals surface area (Å²) in [4.78, 5) is 31.8. The molecule has 2 aliphatic rings. The highest BCUT2D eigenvalue weighted by molar-refractivity contribution is 6.03. The van der Waals surface area contributed by atoms with Crippen molar-refractivity contribution in [3.05, 3.63) is 71.8 Å². The van der Waals surface area contributed by atoms with Gasteiger partial charge < -0.3 is 28.4 Å². The van der Waals surface area contributed by atoms with E-state index in [4.69, 9.17) is 18.9 Å². The van der Waals surface area contributed by atoms with Gasteiger partial charge in [0, 0.05) is 57.0 Å². The van der Waals surface area contributed by atoms with Crippen molar-refractivity contribution in [2.75, 3.05) is 27.3 Å². The predicted molar refractivity (Wildman–Crippen MR) is 131 cm³/mol. The number of hydrogen-bond donors (Lipinski definition) is 0. The van der Waals surface area contributed by atoms with Crippen molar-refractivity contribution in [2.45, 2.75) is 38.0 Å². The van der Waals surface area contributed by atoms with E-state index in [0.29, 0.717) is 61.1 Å². The van der Waals surface area contributed by atoms with Crippen LogP contribution in [0, 0.1) is 0 Å². The number of fused-ring (bicyclic) bond motifs is 1. The molecule has 188 valence electrons. The zero-order valence-corrected chi connectivity index (χ0v) is 20.4. The molecule has 3 aromatic rings. The number of Topliss-reactive ketones (excluding diaryl/α,β-unsaturated/α-hetero) is 1. The van der Waals surface area contributed by atoms with Gasteiger partial charge in [0.1, 0.15) is 34.2 Å². The molecule has 0 saturated carbocycles. The van der Waals surface area contributed by atoms with E-state index in [1.54, 1.807) is 30.3 Å². The van der Waals surface area contributed by atoms with Gasteiger partial charge in [-0.25, -0.2) is 9.78 Å². The van der Waals surface area contributed by atoms with Crippen LogP contribution >= 0.6 is 0 Å². The largest absolute Gasteiger partial charge is 0.496 e. The maximum atomic E-state index is 13.0. The van der Waals surface area contributed by atoms with E-state index in [1.165, 1.54) is 7.11 Å². The topological polar surface area (TPSA) is 92.1 Å². The molecule has 0 radical (unpaired) electrons. The highest BCUT2D eigenvalue weighted by Crippen LogP contribution is 2.44. The second kappa shape index (κ2) is 9.93. The Bertz CT molecular complexity index is 1250. The van der Waals surface area contributed by atoms with E-state index in [2.05, 4.69) is 4.98 Å². The Kier molecular flexibility index (Phi) is 6.54. The van der Waals surface area contributed by atoms with Crippen LogP contribution < -0.4 is 14.2 Å². The third-order valence-corrected chi connectivity index (χ3v) is 6.84. The number of carbonyl (C=O) groups is 2. The number of amides is 1. The van der Waals surface area contributed by atoms with Gasteiger partial charge in [0.15, 0.2) is 12.4 Å². The predicted octanol–water partition coefficient (Wildman–Crippen LogP) is 4.09. The summed E-state index contributed by atoms with van der Waals surface area (Å²) in [6.07, 6.45) is 4.47. The van der Waals surface area contributed by atoms with E-state index >= 15 is 0 Å². The van der Waals surface area contributed by atoms with Gasteiger partial charge in [-0.2, -0.15) is 0 Å². The zero-order valence-electron chi connectivity index (χ0n) is 20.4. The number of hydrogen-bond acceptors (Lipinski definition) is 7. The maximum absolute atomic E-state index is 13.0. The number of benzene rings is 2. The second-order valence-electron chi connectivity index (χ2n) is 9.09. The van der Waals surface area contributed by atoms with Crippen molar-refractivity contribution in [2.24, 2.45) is 0 Å². The third kappa shape index (κ3) is 4.73. The minimum atomic E-state index is -0.663. The molecule has 0 unspecified atom stereocenters. The average Bonchev–Trinajstić information content (AvgIpc) is 3.34. The summed E-state index contributed by atoms with van der Waals surface area (Å²) in [5.74, 6) is 2.11. The quantitative estimate of drug-likeness (QED) is 0.513. The van der Waals surface area contributed by atoms with Gasteiger partial charge in [-0.1, -0.05) is 30.3 Å². The van der Waals surface area contributed by atoms with Crippen molar-refractivity contribution >= 4 is 11.9 Å². The van der Waals surface area contributed by atoms with Gasteiger partial charge in [-0.15, -0.1) is 0 Å². The van der Waals surface area contributed by atoms with Crippen molar-refractivity contribution in [1.29, 1.82) is 0 Å². The van der Waals surface area contributed by atoms with Gasteiger partial charge >= 0.3 is 6.09 Å². The number of ketones is 1. The Morgan fingerprint density at radius 2 is 1.89 bits per heavy atom. The monoisotopic (exact) mass is 491 g/mol. The van der Waals surface area contributed by atoms with Crippen molar-refractivity contribution in [3.63, 3.8) is 0 Å². The molecule has 3 heterocycles. The van der Waals surface area contributed by atoms with Crippen LogP contribution in [-0.4, -0.2) is 59.2 Å². The fourth-order valence-electron chi connectivity index (χ4n) is 4.85. The average molecular weight is 492 g/mol. The van der Waals surface area contributed by atoms with E-state index < -0.39 is 11.7 Å². The lowest BCUT2D eigenvalue weighted by molar-refractivity contribution is -0.0105. The van der Waals surface area contributed by atoms with Gasteiger partial charge in [0.25, 0.3) is 0 Å². The first kappa shape index (κ1) is 23.7. The van der Waals surface area contributed by atoms with E-state index in [-0.39, 0.29) is 18.8 Å². The standard InChI is InChI=1S/C27H29N3O6/c1-33-20-14-22(34-2)25-21(31)16-27(36-23(25)15-20)8-11-29(12-9-27)26(32)35-18-24-28-10-13-30(24)17-19-6-4-3-5-7-19/h3-7,10,13-15H,8-9,11-12,16-18H2,1-2H3. The molecule has 2 aromatic carbocycles. The van der Waals surface area contributed by atoms with Crippen LogP contribution in [0.4, 0.5) is 4.79 Å². The summed E-state index contributed by atoms with van der Waals surface area (Å²) < 4.78 is 24.6. The Morgan fingerprint density at radius 3 is 2.61 bits per heavy atom. The number of rotatable bonds is 6. The zero-order chi connectivity index (χ0) is 25.1. The Balaban J connectivity index is 1.19. The normalized spacial score (nSPS) is 16.3. The molecule has 2 aliphatic heterocycles. The van der Waals surface area contributed by atoms with Gasteiger partial charge in [0.2, 0.25) is 0 Å². The smallest absolute Gasteiger partial charge is 0.410 e. The summed E-state index contributed by atoms with van der Waals surface area (Å²) >= 11 is 0. The molecule has 0 bridgehead atoms. The van der Waals surface area contributed by atoms with Crippen LogP contribution in [0.25, 0.3) is 0 Å². The van der Waals surface area contributed by atoms with Crippen LogP contribution in [0.2, 0.25) is 0 Å². The number of aromatic nitrogens is 2. The summed E-state index contributed by atoms with van der Waals surface area (Å²) in [5, 5.41) is 0. The summed E-state index contributed by atoms with van der Waals surface area (Å²) in [7, 11) is 3.07. The number of piperidine rings is 1. The van der Waals surface area contributed by atoms with Gasteiger partial charge in [-0.05, 0) is 5.56 Å². The fraction of sp³-hybridized carbons (Fsp3) is 0.370. The highest BCUT2D eigenvalue weighted by atomic mass is 16.6. The summed E-state index contributed by atoms with van der Waals surface area (Å²) in [6, 6.07) is 13.4. The first-order valence-electron chi connectivity index (χ1n) is 11.9. The molecule has 36 heavy (non-hydrogen) atoms. The molecule has 1 saturated heterocycles. The van der Waals surface area contributed by atoms with Crippen LogP contribution in [0.15, 0.2) is 54.9 Å². The van der Waals surface area contributed by atoms with Crippen molar-refractivity contribution in [1.82, 2.24) is 14.5 Å². The number of likely N-dealkylation sites (tertiary alicyclic amines) is 1. The number of imidazole rings is 1. The Hall–Kier alpha value is -4.01. The first-order valence-corrected chi connectivity index (χ1v) is 11.9. The molecule has 0 N–H and O–H groups in total. The number of carbonyl (C=O) groups excluding carboxylic acids is 2. The van der Waals surface area contributed by atoms with Crippen LogP contribution in [0.1, 0.15) is 41.0 Å².